The average molecular weight is 269 g/mol. The Hall–Kier alpha value is -1.43. The fourth-order valence-corrected chi connectivity index (χ4v) is 2.17. The van der Waals surface area contributed by atoms with Crippen molar-refractivity contribution in [3.8, 4) is 0 Å². The molecule has 100 valence electrons. The lowest BCUT2D eigenvalue weighted by Gasteiger charge is -2.09. The molecule has 0 aliphatic carbocycles. The molecule has 0 atom stereocenters. The van der Waals surface area contributed by atoms with Crippen molar-refractivity contribution in [2.24, 2.45) is 0 Å². The first-order chi connectivity index (χ1) is 8.70. The van der Waals surface area contributed by atoms with Crippen LogP contribution in [0.5, 0.6) is 0 Å². The Balaban J connectivity index is 2.67. The second kappa shape index (κ2) is 7.81. The molecule has 0 saturated carbocycles. The predicted molar refractivity (Wildman–Crippen MR) is 78.7 cm³/mol. The molecule has 0 unspecified atom stereocenters. The maximum atomic E-state index is 11.1. The van der Waals surface area contributed by atoms with E-state index in [1.54, 1.807) is 19.2 Å². The number of unbranched alkanes of at least 4 members (excludes halogenated alkanes) is 1. The standard InChI is InChI=1S/C12H19N3O2S/c1-13-10-6-5-7-11(12(10)15(16)17)14-8-3-4-9-18-2/h5-7,13-14H,3-4,8-9H2,1-2H3. The Kier molecular flexibility index (Phi) is 6.35. The summed E-state index contributed by atoms with van der Waals surface area (Å²) in [5.74, 6) is 1.13. The van der Waals surface area contributed by atoms with E-state index in [9.17, 15) is 10.1 Å². The van der Waals surface area contributed by atoms with Crippen LogP contribution in [0.25, 0.3) is 0 Å². The van der Waals surface area contributed by atoms with Crippen molar-refractivity contribution in [3.63, 3.8) is 0 Å². The Morgan fingerprint density at radius 2 is 2.06 bits per heavy atom. The molecule has 0 heterocycles. The molecule has 2 N–H and O–H groups in total. The second-order valence-electron chi connectivity index (χ2n) is 3.84. The topological polar surface area (TPSA) is 67.2 Å². The van der Waals surface area contributed by atoms with Crippen LogP contribution in [0.15, 0.2) is 18.2 Å². The number of thioether (sulfide) groups is 1. The minimum atomic E-state index is -0.351. The third-order valence-electron chi connectivity index (χ3n) is 2.58. The minimum absolute atomic E-state index is 0.116. The lowest BCUT2D eigenvalue weighted by molar-refractivity contribution is -0.383. The van der Waals surface area contributed by atoms with E-state index in [1.165, 1.54) is 0 Å². The number of para-hydroxylation sites is 1. The normalized spacial score (nSPS) is 10.1. The van der Waals surface area contributed by atoms with Crippen LogP contribution in [0.3, 0.4) is 0 Å². The summed E-state index contributed by atoms with van der Waals surface area (Å²) in [6, 6.07) is 5.26. The van der Waals surface area contributed by atoms with Crippen LogP contribution < -0.4 is 10.6 Å². The van der Waals surface area contributed by atoms with Crippen molar-refractivity contribution in [1.82, 2.24) is 0 Å². The number of rotatable bonds is 8. The van der Waals surface area contributed by atoms with E-state index in [-0.39, 0.29) is 10.6 Å². The average Bonchev–Trinajstić information content (AvgIpc) is 2.37. The quantitative estimate of drug-likeness (QED) is 0.431. The smallest absolute Gasteiger partial charge is 0.315 e. The number of benzene rings is 1. The molecule has 0 fully saturated rings. The molecule has 5 nitrogen and oxygen atoms in total. The zero-order valence-corrected chi connectivity index (χ0v) is 11.5. The molecule has 1 aromatic carbocycles. The molecular formula is C12H19N3O2S. The molecule has 0 bridgehead atoms. The lowest BCUT2D eigenvalue weighted by Crippen LogP contribution is -2.06. The zero-order valence-electron chi connectivity index (χ0n) is 10.7. The number of nitrogens with zero attached hydrogens (tertiary/aromatic N) is 1. The zero-order chi connectivity index (χ0) is 13.4. The van der Waals surface area contributed by atoms with Gasteiger partial charge in [0.05, 0.1) is 4.92 Å². The van der Waals surface area contributed by atoms with E-state index >= 15 is 0 Å². The highest BCUT2D eigenvalue weighted by Gasteiger charge is 2.18. The van der Waals surface area contributed by atoms with Gasteiger partial charge in [-0.2, -0.15) is 11.8 Å². The van der Waals surface area contributed by atoms with Crippen LogP contribution in [0.1, 0.15) is 12.8 Å². The summed E-state index contributed by atoms with van der Waals surface area (Å²) in [5.41, 5.74) is 1.23. The molecule has 0 aliphatic rings. The minimum Gasteiger partial charge on any atom is -0.382 e. The largest absolute Gasteiger partial charge is 0.382 e. The molecule has 1 rings (SSSR count). The molecule has 6 heteroatoms. The van der Waals surface area contributed by atoms with Gasteiger partial charge >= 0.3 is 5.69 Å². The van der Waals surface area contributed by atoms with Gasteiger partial charge in [-0.1, -0.05) is 6.07 Å². The molecule has 0 saturated heterocycles. The maximum absolute atomic E-state index is 11.1. The van der Waals surface area contributed by atoms with E-state index in [4.69, 9.17) is 0 Å². The van der Waals surface area contributed by atoms with Gasteiger partial charge in [0.25, 0.3) is 0 Å². The summed E-state index contributed by atoms with van der Waals surface area (Å²) in [6.07, 6.45) is 4.21. The van der Waals surface area contributed by atoms with Crippen molar-refractivity contribution in [2.75, 3.05) is 36.2 Å². The van der Waals surface area contributed by atoms with Gasteiger partial charge in [0, 0.05) is 13.6 Å². The summed E-state index contributed by atoms with van der Waals surface area (Å²) in [6.45, 7) is 0.758. The second-order valence-corrected chi connectivity index (χ2v) is 4.82. The first-order valence-electron chi connectivity index (χ1n) is 5.88. The van der Waals surface area contributed by atoms with E-state index in [0.29, 0.717) is 11.4 Å². The summed E-state index contributed by atoms with van der Waals surface area (Å²) in [7, 11) is 1.69. The molecule has 18 heavy (non-hydrogen) atoms. The summed E-state index contributed by atoms with van der Waals surface area (Å²) >= 11 is 1.82. The number of nitro groups is 1. The van der Waals surface area contributed by atoms with Crippen molar-refractivity contribution in [2.45, 2.75) is 12.8 Å². The van der Waals surface area contributed by atoms with E-state index < -0.39 is 0 Å². The van der Waals surface area contributed by atoms with Crippen LogP contribution in [-0.4, -0.2) is 30.5 Å². The molecule has 0 radical (unpaired) electrons. The fraction of sp³-hybridized carbons (Fsp3) is 0.500. The predicted octanol–water partition coefficient (Wildman–Crippen LogP) is 3.19. The number of nitro benzene ring substituents is 1. The van der Waals surface area contributed by atoms with Gasteiger partial charge in [0.2, 0.25) is 0 Å². The van der Waals surface area contributed by atoms with Gasteiger partial charge in [0.15, 0.2) is 0 Å². The number of hydrogen-bond acceptors (Lipinski definition) is 5. The van der Waals surface area contributed by atoms with Gasteiger partial charge in [-0.05, 0) is 37.0 Å². The van der Waals surface area contributed by atoms with Crippen molar-refractivity contribution < 1.29 is 4.92 Å². The van der Waals surface area contributed by atoms with Crippen LogP contribution in [0.4, 0.5) is 17.1 Å². The Bertz CT molecular complexity index is 399. The molecular weight excluding hydrogens is 250 g/mol. The van der Waals surface area contributed by atoms with E-state index in [2.05, 4.69) is 16.9 Å². The van der Waals surface area contributed by atoms with Crippen molar-refractivity contribution >= 4 is 28.8 Å². The van der Waals surface area contributed by atoms with Gasteiger partial charge in [-0.15, -0.1) is 0 Å². The maximum Gasteiger partial charge on any atom is 0.315 e. The molecule has 1 aromatic rings. The molecule has 0 amide bonds. The summed E-state index contributed by atoms with van der Waals surface area (Å²) in [5, 5.41) is 17.0. The Morgan fingerprint density at radius 1 is 1.33 bits per heavy atom. The SMILES string of the molecule is CNc1cccc(NCCCCSC)c1[N+](=O)[O-]. The molecule has 0 aromatic heterocycles. The van der Waals surface area contributed by atoms with Crippen LogP contribution in [-0.2, 0) is 0 Å². The Morgan fingerprint density at radius 3 is 2.67 bits per heavy atom. The first kappa shape index (κ1) is 14.6. The third kappa shape index (κ3) is 4.10. The monoisotopic (exact) mass is 269 g/mol. The lowest BCUT2D eigenvalue weighted by atomic mass is 10.2. The fourth-order valence-electron chi connectivity index (χ4n) is 1.68. The van der Waals surface area contributed by atoms with Crippen LogP contribution in [0.2, 0.25) is 0 Å². The highest BCUT2D eigenvalue weighted by atomic mass is 32.2. The van der Waals surface area contributed by atoms with Crippen LogP contribution in [0, 0.1) is 10.1 Å². The highest BCUT2D eigenvalue weighted by Crippen LogP contribution is 2.32. The first-order valence-corrected chi connectivity index (χ1v) is 7.28. The van der Waals surface area contributed by atoms with E-state index in [0.717, 1.165) is 25.1 Å². The van der Waals surface area contributed by atoms with Crippen molar-refractivity contribution in [3.05, 3.63) is 28.3 Å². The summed E-state index contributed by atoms with van der Waals surface area (Å²) < 4.78 is 0. The Labute approximate surface area is 111 Å². The third-order valence-corrected chi connectivity index (χ3v) is 3.28. The van der Waals surface area contributed by atoms with Crippen molar-refractivity contribution in [1.29, 1.82) is 0 Å². The number of nitrogens with one attached hydrogen (secondary N) is 2. The number of anilines is 2. The van der Waals surface area contributed by atoms with Gasteiger partial charge in [-0.3, -0.25) is 10.1 Å². The molecule has 0 aliphatic heterocycles. The van der Waals surface area contributed by atoms with Gasteiger partial charge in [0.1, 0.15) is 11.4 Å². The van der Waals surface area contributed by atoms with Gasteiger partial charge in [-0.25, -0.2) is 0 Å². The summed E-state index contributed by atoms with van der Waals surface area (Å²) in [4.78, 5) is 10.7. The van der Waals surface area contributed by atoms with Gasteiger partial charge < -0.3 is 10.6 Å². The molecule has 0 spiro atoms. The van der Waals surface area contributed by atoms with E-state index in [1.807, 2.05) is 17.8 Å². The highest BCUT2D eigenvalue weighted by molar-refractivity contribution is 7.98. The van der Waals surface area contributed by atoms with Crippen LogP contribution >= 0.6 is 11.8 Å². The number of hydrogen-bond donors (Lipinski definition) is 2.